The molecule has 0 spiro atoms. The zero-order chi connectivity index (χ0) is 10.5. The van der Waals surface area contributed by atoms with Gasteiger partial charge in [-0.3, -0.25) is 0 Å². The minimum Gasteiger partial charge on any atom is -0.399 e. The number of rotatable bonds is 4. The second kappa shape index (κ2) is 4.84. The molecule has 1 aromatic carbocycles. The molecule has 0 amide bonds. The molecule has 4 nitrogen and oxygen atoms in total. The Kier molecular flexibility index (Phi) is 3.24. The van der Waals surface area contributed by atoms with E-state index >= 15 is 0 Å². The Labute approximate surface area is 92.5 Å². The lowest BCUT2D eigenvalue weighted by Gasteiger charge is -2.02. The molecule has 15 heavy (non-hydrogen) atoms. The first-order chi connectivity index (χ1) is 7.34. The SMILES string of the molecule is Nc1ccc(SCCn2cnnc2)cc1. The van der Waals surface area contributed by atoms with Crippen LogP contribution in [0.15, 0.2) is 41.8 Å². The summed E-state index contributed by atoms with van der Waals surface area (Å²) in [5.41, 5.74) is 6.41. The fraction of sp³-hybridized carbons (Fsp3) is 0.200. The third-order valence-corrected chi connectivity index (χ3v) is 2.96. The molecule has 1 aromatic heterocycles. The van der Waals surface area contributed by atoms with Gasteiger partial charge in [0.1, 0.15) is 12.7 Å². The Morgan fingerprint density at radius 2 is 1.80 bits per heavy atom. The van der Waals surface area contributed by atoms with Crippen LogP contribution in [0.5, 0.6) is 0 Å². The van der Waals surface area contributed by atoms with Crippen LogP contribution < -0.4 is 5.73 Å². The third kappa shape index (κ3) is 2.99. The van der Waals surface area contributed by atoms with E-state index in [0.29, 0.717) is 0 Å². The van der Waals surface area contributed by atoms with Gasteiger partial charge in [0.25, 0.3) is 0 Å². The summed E-state index contributed by atoms with van der Waals surface area (Å²) in [6.45, 7) is 0.919. The molecule has 0 bridgehead atoms. The van der Waals surface area contributed by atoms with Crippen molar-refractivity contribution in [3.63, 3.8) is 0 Å². The van der Waals surface area contributed by atoms with Gasteiger partial charge in [0.15, 0.2) is 0 Å². The maximum atomic E-state index is 5.60. The number of aromatic nitrogens is 3. The fourth-order valence-electron chi connectivity index (χ4n) is 1.17. The summed E-state index contributed by atoms with van der Waals surface area (Å²) < 4.78 is 1.96. The van der Waals surface area contributed by atoms with E-state index in [4.69, 9.17) is 5.73 Å². The topological polar surface area (TPSA) is 56.7 Å². The van der Waals surface area contributed by atoms with Gasteiger partial charge < -0.3 is 10.3 Å². The van der Waals surface area contributed by atoms with Gasteiger partial charge in [-0.1, -0.05) is 0 Å². The monoisotopic (exact) mass is 220 g/mol. The lowest BCUT2D eigenvalue weighted by molar-refractivity contribution is 0.767. The van der Waals surface area contributed by atoms with Crippen molar-refractivity contribution in [2.24, 2.45) is 0 Å². The molecular weight excluding hydrogens is 208 g/mol. The summed E-state index contributed by atoms with van der Waals surface area (Å²) in [5, 5.41) is 7.49. The number of benzene rings is 1. The zero-order valence-electron chi connectivity index (χ0n) is 8.21. The predicted molar refractivity (Wildman–Crippen MR) is 61.6 cm³/mol. The number of nitrogens with two attached hydrogens (primary N) is 1. The van der Waals surface area contributed by atoms with Crippen LogP contribution in [0.25, 0.3) is 0 Å². The van der Waals surface area contributed by atoms with E-state index in [-0.39, 0.29) is 0 Å². The fourth-order valence-corrected chi connectivity index (χ4v) is 2.04. The van der Waals surface area contributed by atoms with Gasteiger partial charge in [-0.15, -0.1) is 22.0 Å². The molecule has 0 fully saturated rings. The summed E-state index contributed by atoms with van der Waals surface area (Å²) in [4.78, 5) is 1.23. The maximum Gasteiger partial charge on any atom is 0.119 e. The molecule has 5 heteroatoms. The molecule has 2 rings (SSSR count). The number of nitrogen functional groups attached to an aromatic ring is 1. The molecule has 0 saturated carbocycles. The smallest absolute Gasteiger partial charge is 0.119 e. The highest BCUT2D eigenvalue weighted by Crippen LogP contribution is 2.19. The first kappa shape index (κ1) is 10.0. The normalized spacial score (nSPS) is 10.4. The number of thioether (sulfide) groups is 1. The third-order valence-electron chi connectivity index (χ3n) is 1.96. The summed E-state index contributed by atoms with van der Waals surface area (Å²) in [7, 11) is 0. The van der Waals surface area contributed by atoms with E-state index < -0.39 is 0 Å². The van der Waals surface area contributed by atoms with Crippen LogP contribution in [0.1, 0.15) is 0 Å². The Morgan fingerprint density at radius 3 is 2.47 bits per heavy atom. The molecule has 0 aliphatic rings. The Balaban J connectivity index is 1.81. The number of hydrogen-bond acceptors (Lipinski definition) is 4. The van der Waals surface area contributed by atoms with Gasteiger partial charge in [-0.05, 0) is 24.3 Å². The first-order valence-electron chi connectivity index (χ1n) is 4.65. The molecule has 2 aromatic rings. The number of nitrogens with zero attached hydrogens (tertiary/aromatic N) is 3. The van der Waals surface area contributed by atoms with Crippen molar-refractivity contribution in [2.75, 3.05) is 11.5 Å². The molecule has 1 heterocycles. The van der Waals surface area contributed by atoms with Crippen molar-refractivity contribution in [2.45, 2.75) is 11.4 Å². The van der Waals surface area contributed by atoms with Gasteiger partial charge >= 0.3 is 0 Å². The van der Waals surface area contributed by atoms with Crippen molar-refractivity contribution in [3.8, 4) is 0 Å². The van der Waals surface area contributed by atoms with Gasteiger partial charge in [0, 0.05) is 22.9 Å². The van der Waals surface area contributed by atoms with Crippen LogP contribution in [-0.2, 0) is 6.54 Å². The van der Waals surface area contributed by atoms with Crippen LogP contribution in [-0.4, -0.2) is 20.5 Å². The minimum atomic E-state index is 0.804. The standard InChI is InChI=1S/C10H12N4S/c11-9-1-3-10(4-2-9)15-6-5-14-7-12-13-8-14/h1-4,7-8H,5-6,11H2. The summed E-state index contributed by atoms with van der Waals surface area (Å²) in [6.07, 6.45) is 3.45. The largest absolute Gasteiger partial charge is 0.399 e. The highest BCUT2D eigenvalue weighted by molar-refractivity contribution is 7.99. The average Bonchev–Trinajstić information content (AvgIpc) is 2.74. The highest BCUT2D eigenvalue weighted by atomic mass is 32.2. The molecular formula is C10H12N4S. The molecule has 0 atom stereocenters. The quantitative estimate of drug-likeness (QED) is 0.629. The van der Waals surface area contributed by atoms with Gasteiger partial charge in [-0.25, -0.2) is 0 Å². The predicted octanol–water partition coefficient (Wildman–Crippen LogP) is 1.65. The van der Waals surface area contributed by atoms with E-state index in [9.17, 15) is 0 Å². The molecule has 78 valence electrons. The van der Waals surface area contributed by atoms with Gasteiger partial charge in [0.05, 0.1) is 0 Å². The Morgan fingerprint density at radius 1 is 1.13 bits per heavy atom. The van der Waals surface area contributed by atoms with E-state index in [1.54, 1.807) is 24.4 Å². The second-order valence-electron chi connectivity index (χ2n) is 3.12. The Bertz CT molecular complexity index is 396. The molecule has 0 saturated heterocycles. The van der Waals surface area contributed by atoms with Crippen molar-refractivity contribution < 1.29 is 0 Å². The zero-order valence-corrected chi connectivity index (χ0v) is 9.02. The summed E-state index contributed by atoms with van der Waals surface area (Å²) in [5.74, 6) is 1.00. The van der Waals surface area contributed by atoms with E-state index in [1.807, 2.05) is 28.8 Å². The van der Waals surface area contributed by atoms with Crippen LogP contribution in [0.4, 0.5) is 5.69 Å². The van der Waals surface area contributed by atoms with Gasteiger partial charge in [0.2, 0.25) is 0 Å². The van der Waals surface area contributed by atoms with Crippen LogP contribution in [0.2, 0.25) is 0 Å². The van der Waals surface area contributed by atoms with Crippen molar-refractivity contribution in [1.29, 1.82) is 0 Å². The molecule has 2 N–H and O–H groups in total. The molecule has 0 aliphatic heterocycles. The highest BCUT2D eigenvalue weighted by Gasteiger charge is 1.95. The number of aryl methyl sites for hydroxylation is 1. The van der Waals surface area contributed by atoms with E-state index in [0.717, 1.165) is 18.0 Å². The average molecular weight is 220 g/mol. The van der Waals surface area contributed by atoms with Crippen LogP contribution in [0, 0.1) is 0 Å². The molecule has 0 aliphatic carbocycles. The second-order valence-corrected chi connectivity index (χ2v) is 4.29. The van der Waals surface area contributed by atoms with Crippen molar-refractivity contribution in [3.05, 3.63) is 36.9 Å². The summed E-state index contributed by atoms with van der Waals surface area (Å²) >= 11 is 1.80. The molecule has 0 radical (unpaired) electrons. The van der Waals surface area contributed by atoms with Crippen LogP contribution >= 0.6 is 11.8 Å². The first-order valence-corrected chi connectivity index (χ1v) is 5.64. The lowest BCUT2D eigenvalue weighted by Crippen LogP contribution is -1.96. The lowest BCUT2D eigenvalue weighted by atomic mass is 10.3. The molecule has 0 unspecified atom stereocenters. The Hall–Kier alpha value is -1.49. The minimum absolute atomic E-state index is 0.804. The van der Waals surface area contributed by atoms with E-state index in [2.05, 4.69) is 10.2 Å². The van der Waals surface area contributed by atoms with Crippen LogP contribution in [0.3, 0.4) is 0 Å². The number of anilines is 1. The maximum absolute atomic E-state index is 5.60. The van der Waals surface area contributed by atoms with Crippen molar-refractivity contribution >= 4 is 17.4 Å². The summed E-state index contributed by atoms with van der Waals surface area (Å²) in [6, 6.07) is 7.90. The van der Waals surface area contributed by atoms with Gasteiger partial charge in [-0.2, -0.15) is 0 Å². The van der Waals surface area contributed by atoms with E-state index in [1.165, 1.54) is 4.90 Å². The van der Waals surface area contributed by atoms with Crippen molar-refractivity contribution in [1.82, 2.24) is 14.8 Å². The number of hydrogen-bond donors (Lipinski definition) is 1.